The zero-order chi connectivity index (χ0) is 12.5. The highest BCUT2D eigenvalue weighted by Gasteiger charge is 2.23. The van der Waals surface area contributed by atoms with Crippen LogP contribution in [0.2, 0.25) is 0 Å². The van der Waals surface area contributed by atoms with Gasteiger partial charge in [-0.1, -0.05) is 20.8 Å². The number of hydrogen-bond donors (Lipinski definition) is 0. The second-order valence-electron chi connectivity index (χ2n) is 5.35. The van der Waals surface area contributed by atoms with Crippen molar-refractivity contribution in [2.24, 2.45) is 5.41 Å². The van der Waals surface area contributed by atoms with E-state index >= 15 is 0 Å². The predicted octanol–water partition coefficient (Wildman–Crippen LogP) is 3.20. The van der Waals surface area contributed by atoms with Crippen LogP contribution in [-0.4, -0.2) is 9.91 Å². The molecule has 0 N–H and O–H groups in total. The van der Waals surface area contributed by atoms with E-state index in [9.17, 15) is 10.1 Å². The minimum absolute atomic E-state index is 0.0327. The van der Waals surface area contributed by atoms with E-state index in [1.807, 2.05) is 13.0 Å². The Balaban J connectivity index is 3.30. The Bertz CT molecular complexity index is 420. The fraction of sp³-hybridized carbons (Fsp3) is 0.583. The molecular formula is C12H18N2O2. The number of nitro groups is 1. The summed E-state index contributed by atoms with van der Waals surface area (Å²) in [5, 5.41) is 11.0. The Morgan fingerprint density at radius 2 is 1.94 bits per heavy atom. The van der Waals surface area contributed by atoms with E-state index in [2.05, 4.69) is 25.8 Å². The van der Waals surface area contributed by atoms with Gasteiger partial charge < -0.3 is 0 Å². The zero-order valence-corrected chi connectivity index (χ0v) is 10.5. The summed E-state index contributed by atoms with van der Waals surface area (Å²) in [5.74, 6) is 0. The Morgan fingerprint density at radius 3 is 2.38 bits per heavy atom. The van der Waals surface area contributed by atoms with Crippen molar-refractivity contribution in [1.29, 1.82) is 0 Å². The first kappa shape index (κ1) is 12.6. The number of rotatable bonds is 2. The van der Waals surface area contributed by atoms with Crippen LogP contribution in [0.15, 0.2) is 6.07 Å². The first-order chi connectivity index (χ1) is 7.20. The highest BCUT2D eigenvalue weighted by Crippen LogP contribution is 2.29. The molecule has 0 unspecified atom stereocenters. The van der Waals surface area contributed by atoms with Crippen molar-refractivity contribution in [2.75, 3.05) is 0 Å². The molecule has 1 heterocycles. The molecule has 0 bridgehead atoms. The molecule has 0 aliphatic rings. The van der Waals surface area contributed by atoms with Crippen LogP contribution in [0, 0.1) is 29.4 Å². The molecule has 4 nitrogen and oxygen atoms in total. The Kier molecular flexibility index (Phi) is 3.31. The Labute approximate surface area is 95.9 Å². The summed E-state index contributed by atoms with van der Waals surface area (Å²) in [4.78, 5) is 14.8. The average Bonchev–Trinajstić information content (AvgIpc) is 1.96. The summed E-state index contributed by atoms with van der Waals surface area (Å²) >= 11 is 0. The van der Waals surface area contributed by atoms with Crippen LogP contribution in [0.25, 0.3) is 0 Å². The minimum atomic E-state index is -0.331. The normalized spacial score (nSPS) is 11.6. The van der Waals surface area contributed by atoms with E-state index in [1.54, 1.807) is 6.92 Å². The smallest absolute Gasteiger partial charge is 0.258 e. The molecule has 0 fully saturated rings. The van der Waals surface area contributed by atoms with Gasteiger partial charge in [-0.15, -0.1) is 0 Å². The van der Waals surface area contributed by atoms with Crippen molar-refractivity contribution in [3.63, 3.8) is 0 Å². The van der Waals surface area contributed by atoms with Crippen LogP contribution >= 0.6 is 0 Å². The zero-order valence-electron chi connectivity index (χ0n) is 10.5. The van der Waals surface area contributed by atoms with Crippen molar-refractivity contribution in [2.45, 2.75) is 41.0 Å². The van der Waals surface area contributed by atoms with E-state index in [-0.39, 0.29) is 16.0 Å². The van der Waals surface area contributed by atoms with Crippen molar-refractivity contribution in [3.05, 3.63) is 33.1 Å². The van der Waals surface area contributed by atoms with Crippen molar-refractivity contribution < 1.29 is 4.92 Å². The van der Waals surface area contributed by atoms with Crippen LogP contribution in [0.3, 0.4) is 0 Å². The van der Waals surface area contributed by atoms with E-state index in [4.69, 9.17) is 0 Å². The molecule has 0 atom stereocenters. The summed E-state index contributed by atoms with van der Waals surface area (Å²) in [7, 11) is 0. The fourth-order valence-corrected chi connectivity index (χ4v) is 1.86. The molecule has 1 aromatic rings. The lowest BCUT2D eigenvalue weighted by molar-refractivity contribution is -0.386. The van der Waals surface area contributed by atoms with Gasteiger partial charge in [-0.2, -0.15) is 0 Å². The summed E-state index contributed by atoms with van der Waals surface area (Å²) < 4.78 is 0. The van der Waals surface area contributed by atoms with Gasteiger partial charge in [0.1, 0.15) is 5.69 Å². The molecule has 1 rings (SSSR count). The molecule has 0 amide bonds. The van der Waals surface area contributed by atoms with Crippen LogP contribution in [-0.2, 0) is 6.42 Å². The van der Waals surface area contributed by atoms with Gasteiger partial charge in [0.25, 0.3) is 5.69 Å². The first-order valence-electron chi connectivity index (χ1n) is 5.32. The number of aryl methyl sites for hydroxylation is 2. The molecule has 0 aliphatic carbocycles. The predicted molar refractivity (Wildman–Crippen MR) is 63.5 cm³/mol. The second kappa shape index (κ2) is 4.20. The van der Waals surface area contributed by atoms with Gasteiger partial charge in [0, 0.05) is 11.3 Å². The second-order valence-corrected chi connectivity index (χ2v) is 5.35. The molecule has 88 valence electrons. The van der Waals surface area contributed by atoms with E-state index in [1.165, 1.54) is 0 Å². The van der Waals surface area contributed by atoms with Gasteiger partial charge >= 0.3 is 0 Å². The number of nitrogens with zero attached hydrogens (tertiary/aromatic N) is 2. The van der Waals surface area contributed by atoms with Crippen LogP contribution in [0.4, 0.5) is 5.69 Å². The van der Waals surface area contributed by atoms with E-state index < -0.39 is 0 Å². The van der Waals surface area contributed by atoms with Crippen LogP contribution in [0.5, 0.6) is 0 Å². The summed E-state index contributed by atoms with van der Waals surface area (Å²) in [6, 6.07) is 1.82. The number of hydrogen-bond acceptors (Lipinski definition) is 3. The Morgan fingerprint density at radius 1 is 1.38 bits per heavy atom. The topological polar surface area (TPSA) is 56.0 Å². The van der Waals surface area contributed by atoms with E-state index in [0.717, 1.165) is 11.3 Å². The van der Waals surface area contributed by atoms with Gasteiger partial charge in [-0.3, -0.25) is 15.1 Å². The Hall–Kier alpha value is -1.45. The molecule has 4 heteroatoms. The first-order valence-corrected chi connectivity index (χ1v) is 5.32. The number of pyridine rings is 1. The maximum absolute atomic E-state index is 11.0. The average molecular weight is 222 g/mol. The minimum Gasteiger partial charge on any atom is -0.258 e. The highest BCUT2D eigenvalue weighted by atomic mass is 16.6. The summed E-state index contributed by atoms with van der Waals surface area (Å²) in [6.45, 7) is 9.77. The van der Waals surface area contributed by atoms with Crippen molar-refractivity contribution in [1.82, 2.24) is 4.98 Å². The van der Waals surface area contributed by atoms with Gasteiger partial charge in [-0.05, 0) is 31.7 Å². The molecule has 0 aromatic carbocycles. The van der Waals surface area contributed by atoms with Gasteiger partial charge in [-0.25, -0.2) is 0 Å². The lowest BCUT2D eigenvalue weighted by Crippen LogP contribution is -2.12. The van der Waals surface area contributed by atoms with Crippen LogP contribution in [0.1, 0.15) is 37.7 Å². The monoisotopic (exact) mass is 222 g/mol. The van der Waals surface area contributed by atoms with Crippen molar-refractivity contribution >= 4 is 5.69 Å². The van der Waals surface area contributed by atoms with Crippen LogP contribution < -0.4 is 0 Å². The lowest BCUT2D eigenvalue weighted by Gasteiger charge is -2.18. The summed E-state index contributed by atoms with van der Waals surface area (Å²) in [6.07, 6.45) is 0.688. The third-order valence-electron chi connectivity index (χ3n) is 2.28. The maximum atomic E-state index is 11.0. The third-order valence-corrected chi connectivity index (χ3v) is 2.28. The third kappa shape index (κ3) is 3.02. The standard InChI is InChI=1S/C12H18N2O2/c1-8-6-10(7-12(3,4)5)11(14(15)16)9(2)13-8/h6H,7H2,1-5H3. The molecule has 0 aliphatic heterocycles. The maximum Gasteiger partial charge on any atom is 0.293 e. The quantitative estimate of drug-likeness (QED) is 0.570. The molecule has 0 saturated carbocycles. The molecular weight excluding hydrogens is 204 g/mol. The summed E-state index contributed by atoms with van der Waals surface area (Å²) in [5.41, 5.74) is 2.32. The SMILES string of the molecule is Cc1cc(CC(C)(C)C)c([N+](=O)[O-])c(C)n1. The van der Waals surface area contributed by atoms with E-state index in [0.29, 0.717) is 12.1 Å². The largest absolute Gasteiger partial charge is 0.293 e. The highest BCUT2D eigenvalue weighted by molar-refractivity contribution is 5.45. The van der Waals surface area contributed by atoms with Crippen molar-refractivity contribution in [3.8, 4) is 0 Å². The molecule has 16 heavy (non-hydrogen) atoms. The van der Waals surface area contributed by atoms with Gasteiger partial charge in [0.05, 0.1) is 4.92 Å². The number of aromatic nitrogens is 1. The molecule has 1 aromatic heterocycles. The molecule has 0 radical (unpaired) electrons. The molecule has 0 saturated heterocycles. The lowest BCUT2D eigenvalue weighted by atomic mass is 9.87. The van der Waals surface area contributed by atoms with Gasteiger partial charge in [0.2, 0.25) is 0 Å². The van der Waals surface area contributed by atoms with Gasteiger partial charge in [0.15, 0.2) is 0 Å². The fourth-order valence-electron chi connectivity index (χ4n) is 1.86. The molecule has 0 spiro atoms.